The molecule has 1 aliphatic heterocycles. The third kappa shape index (κ3) is 3.85. The van der Waals surface area contributed by atoms with Crippen molar-refractivity contribution in [3.63, 3.8) is 0 Å². The molecule has 1 N–H and O–H groups in total. The van der Waals surface area contributed by atoms with Crippen molar-refractivity contribution in [1.29, 1.82) is 0 Å². The maximum atomic E-state index is 4.74. The fourth-order valence-electron chi connectivity index (χ4n) is 3.01. The minimum atomic E-state index is 0.672. The molecule has 0 saturated carbocycles. The summed E-state index contributed by atoms with van der Waals surface area (Å²) in [7, 11) is 0. The normalized spacial score (nSPS) is 15.6. The molecule has 2 heterocycles. The molecule has 5 nitrogen and oxygen atoms in total. The van der Waals surface area contributed by atoms with Crippen LogP contribution >= 0.6 is 0 Å². The minimum Gasteiger partial charge on any atom is -0.354 e. The highest BCUT2D eigenvalue weighted by Gasteiger charge is 2.17. The lowest BCUT2D eigenvalue weighted by molar-refractivity contribution is 0.270. The lowest BCUT2D eigenvalue weighted by atomic mass is 10.1. The highest BCUT2D eigenvalue weighted by molar-refractivity contribution is 5.57. The van der Waals surface area contributed by atoms with Gasteiger partial charge in [-0.3, -0.25) is 0 Å². The topological polar surface area (TPSA) is 44.3 Å². The summed E-state index contributed by atoms with van der Waals surface area (Å²) >= 11 is 0. The number of piperazine rings is 1. The van der Waals surface area contributed by atoms with E-state index in [1.165, 1.54) is 11.1 Å². The predicted molar refractivity (Wildman–Crippen MR) is 100 cm³/mol. The molecular formula is C19H27N5. The van der Waals surface area contributed by atoms with E-state index in [4.69, 9.17) is 4.98 Å². The van der Waals surface area contributed by atoms with Crippen LogP contribution in [-0.4, -0.2) is 47.6 Å². The van der Waals surface area contributed by atoms with E-state index >= 15 is 0 Å². The van der Waals surface area contributed by atoms with Gasteiger partial charge in [0.15, 0.2) is 0 Å². The molecule has 24 heavy (non-hydrogen) atoms. The standard InChI is InChI=1S/C19H27N5/c1-5-23-8-10-24(11-9-23)18-13-16(4)20-19(22-18)21-17-7-6-14(2)15(3)12-17/h6-7,12-13H,5,8-11H2,1-4H3,(H,20,21,22). The summed E-state index contributed by atoms with van der Waals surface area (Å²) in [5.74, 6) is 1.69. The number of hydrogen-bond acceptors (Lipinski definition) is 5. The summed E-state index contributed by atoms with van der Waals surface area (Å²) in [6.45, 7) is 13.8. The third-order valence-corrected chi connectivity index (χ3v) is 4.75. The number of nitrogens with zero attached hydrogens (tertiary/aromatic N) is 4. The van der Waals surface area contributed by atoms with Gasteiger partial charge in [-0.2, -0.15) is 4.98 Å². The Bertz CT molecular complexity index is 705. The summed E-state index contributed by atoms with van der Waals surface area (Å²) in [5, 5.41) is 3.35. The van der Waals surface area contributed by atoms with Crippen molar-refractivity contribution in [3.05, 3.63) is 41.1 Å². The number of anilines is 3. The molecule has 0 bridgehead atoms. The van der Waals surface area contributed by atoms with Crippen LogP contribution in [0.2, 0.25) is 0 Å². The maximum Gasteiger partial charge on any atom is 0.229 e. The molecule has 2 aromatic rings. The largest absolute Gasteiger partial charge is 0.354 e. The maximum absolute atomic E-state index is 4.74. The van der Waals surface area contributed by atoms with Gasteiger partial charge >= 0.3 is 0 Å². The highest BCUT2D eigenvalue weighted by atomic mass is 15.3. The SMILES string of the molecule is CCN1CCN(c2cc(C)nc(Nc3ccc(C)c(C)c3)n2)CC1. The lowest BCUT2D eigenvalue weighted by Gasteiger charge is -2.34. The second-order valence-corrected chi connectivity index (χ2v) is 6.54. The summed E-state index contributed by atoms with van der Waals surface area (Å²) in [5.41, 5.74) is 4.58. The predicted octanol–water partition coefficient (Wildman–Crippen LogP) is 3.29. The zero-order valence-corrected chi connectivity index (χ0v) is 15.1. The zero-order valence-electron chi connectivity index (χ0n) is 15.1. The quantitative estimate of drug-likeness (QED) is 0.934. The van der Waals surface area contributed by atoms with Gasteiger partial charge < -0.3 is 15.1 Å². The molecular weight excluding hydrogens is 298 g/mol. The van der Waals surface area contributed by atoms with Crippen LogP contribution in [0.3, 0.4) is 0 Å². The second-order valence-electron chi connectivity index (χ2n) is 6.54. The van der Waals surface area contributed by atoms with Crippen LogP contribution in [0.25, 0.3) is 0 Å². The monoisotopic (exact) mass is 325 g/mol. The van der Waals surface area contributed by atoms with Gasteiger partial charge in [-0.1, -0.05) is 13.0 Å². The van der Waals surface area contributed by atoms with Crippen molar-refractivity contribution in [2.24, 2.45) is 0 Å². The number of hydrogen-bond donors (Lipinski definition) is 1. The summed E-state index contributed by atoms with van der Waals surface area (Å²) in [6, 6.07) is 8.42. The van der Waals surface area contributed by atoms with Gasteiger partial charge in [-0.05, 0) is 50.6 Å². The van der Waals surface area contributed by atoms with Gasteiger partial charge in [0.05, 0.1) is 0 Å². The van der Waals surface area contributed by atoms with Gasteiger partial charge in [0, 0.05) is 43.6 Å². The molecule has 0 spiro atoms. The molecule has 1 saturated heterocycles. The van der Waals surface area contributed by atoms with Crippen molar-refractivity contribution in [2.45, 2.75) is 27.7 Å². The number of aryl methyl sites for hydroxylation is 3. The van der Waals surface area contributed by atoms with E-state index in [-0.39, 0.29) is 0 Å². The first-order valence-corrected chi connectivity index (χ1v) is 8.72. The Balaban J connectivity index is 1.77. The fraction of sp³-hybridized carbons (Fsp3) is 0.474. The number of benzene rings is 1. The van der Waals surface area contributed by atoms with Crippen molar-refractivity contribution in [2.75, 3.05) is 42.9 Å². The van der Waals surface area contributed by atoms with E-state index in [0.717, 1.165) is 49.9 Å². The highest BCUT2D eigenvalue weighted by Crippen LogP contribution is 2.21. The molecule has 128 valence electrons. The Morgan fingerprint density at radius 1 is 0.958 bits per heavy atom. The van der Waals surface area contributed by atoms with Gasteiger partial charge in [0.25, 0.3) is 0 Å². The number of rotatable bonds is 4. The van der Waals surface area contributed by atoms with Crippen LogP contribution in [0.4, 0.5) is 17.5 Å². The first-order chi connectivity index (χ1) is 11.5. The van der Waals surface area contributed by atoms with Gasteiger partial charge in [-0.15, -0.1) is 0 Å². The summed E-state index contributed by atoms with van der Waals surface area (Å²) in [4.78, 5) is 14.1. The summed E-state index contributed by atoms with van der Waals surface area (Å²) < 4.78 is 0. The van der Waals surface area contributed by atoms with E-state index in [1.54, 1.807) is 0 Å². The van der Waals surface area contributed by atoms with Crippen molar-refractivity contribution >= 4 is 17.5 Å². The second kappa shape index (κ2) is 7.18. The van der Waals surface area contributed by atoms with E-state index in [0.29, 0.717) is 5.95 Å². The van der Waals surface area contributed by atoms with Crippen LogP contribution in [0.15, 0.2) is 24.3 Å². The Kier molecular flexibility index (Phi) is 5.00. The lowest BCUT2D eigenvalue weighted by Crippen LogP contribution is -2.46. The molecule has 1 fully saturated rings. The van der Waals surface area contributed by atoms with Gasteiger partial charge in [0.1, 0.15) is 5.82 Å². The first kappa shape index (κ1) is 16.7. The van der Waals surface area contributed by atoms with Crippen LogP contribution < -0.4 is 10.2 Å². The fourth-order valence-corrected chi connectivity index (χ4v) is 3.01. The Morgan fingerprint density at radius 2 is 1.71 bits per heavy atom. The van der Waals surface area contributed by atoms with Crippen LogP contribution in [0.1, 0.15) is 23.7 Å². The van der Waals surface area contributed by atoms with Crippen molar-refractivity contribution in [3.8, 4) is 0 Å². The first-order valence-electron chi connectivity index (χ1n) is 8.72. The van der Waals surface area contributed by atoms with Gasteiger partial charge in [0.2, 0.25) is 5.95 Å². The van der Waals surface area contributed by atoms with E-state index in [1.807, 2.05) is 6.92 Å². The van der Waals surface area contributed by atoms with Crippen LogP contribution in [0.5, 0.6) is 0 Å². The van der Waals surface area contributed by atoms with E-state index < -0.39 is 0 Å². The molecule has 0 amide bonds. The molecule has 0 unspecified atom stereocenters. The smallest absolute Gasteiger partial charge is 0.229 e. The minimum absolute atomic E-state index is 0.672. The number of aromatic nitrogens is 2. The zero-order chi connectivity index (χ0) is 17.1. The molecule has 0 radical (unpaired) electrons. The van der Waals surface area contributed by atoms with Crippen LogP contribution in [-0.2, 0) is 0 Å². The van der Waals surface area contributed by atoms with E-state index in [9.17, 15) is 0 Å². The Hall–Kier alpha value is -2.14. The Labute approximate surface area is 144 Å². The third-order valence-electron chi connectivity index (χ3n) is 4.75. The average molecular weight is 325 g/mol. The van der Waals surface area contributed by atoms with E-state index in [2.05, 4.69) is 65.1 Å². The van der Waals surface area contributed by atoms with Gasteiger partial charge in [-0.25, -0.2) is 4.98 Å². The average Bonchev–Trinajstić information content (AvgIpc) is 2.58. The molecule has 1 aromatic heterocycles. The number of nitrogens with one attached hydrogen (secondary N) is 1. The summed E-state index contributed by atoms with van der Waals surface area (Å²) in [6.07, 6.45) is 0. The van der Waals surface area contributed by atoms with Crippen molar-refractivity contribution in [1.82, 2.24) is 14.9 Å². The molecule has 0 aliphatic carbocycles. The van der Waals surface area contributed by atoms with Crippen LogP contribution in [0, 0.1) is 20.8 Å². The molecule has 3 rings (SSSR count). The molecule has 5 heteroatoms. The molecule has 0 atom stereocenters. The Morgan fingerprint density at radius 3 is 2.38 bits per heavy atom. The van der Waals surface area contributed by atoms with Crippen molar-refractivity contribution < 1.29 is 0 Å². The molecule has 1 aromatic carbocycles. The molecule has 1 aliphatic rings. The number of likely N-dealkylation sites (N-methyl/N-ethyl adjacent to an activating group) is 1.